The van der Waals surface area contributed by atoms with Crippen LogP contribution >= 0.6 is 0 Å². The van der Waals surface area contributed by atoms with Gasteiger partial charge in [0.25, 0.3) is 0 Å². The predicted octanol–water partition coefficient (Wildman–Crippen LogP) is 3.90. The third kappa shape index (κ3) is 5.26. The lowest BCUT2D eigenvalue weighted by Crippen LogP contribution is -2.62. The maximum atomic E-state index is 13.5. The summed E-state index contributed by atoms with van der Waals surface area (Å²) in [6.45, 7) is -0.111. The van der Waals surface area contributed by atoms with Gasteiger partial charge in [0.05, 0.1) is 27.9 Å². The lowest BCUT2D eigenvalue weighted by Gasteiger charge is -2.41. The van der Waals surface area contributed by atoms with Crippen LogP contribution in [-0.2, 0) is 36.0 Å². The summed E-state index contributed by atoms with van der Waals surface area (Å²) in [6.07, 6.45) is 2.71. The molecule has 1 N–H and O–H groups in total. The Kier molecular flexibility index (Phi) is 8.41. The van der Waals surface area contributed by atoms with E-state index in [-0.39, 0.29) is 12.2 Å². The Bertz CT molecular complexity index is 1140. The van der Waals surface area contributed by atoms with Crippen molar-refractivity contribution in [1.82, 2.24) is 0 Å². The number of benzene rings is 3. The monoisotopic (exact) mass is 476 g/mol. The highest BCUT2D eigenvalue weighted by molar-refractivity contribution is 5.96. The largest absolute Gasteiger partial charge is 0.497 e. The lowest BCUT2D eigenvalue weighted by atomic mass is 9.76. The fraction of sp³-hybridized carbons (Fsp3) is 0.214. The molecule has 3 aromatic rings. The lowest BCUT2D eigenvalue weighted by molar-refractivity contribution is -0.218. The molecule has 0 aliphatic carbocycles. The summed E-state index contributed by atoms with van der Waals surface area (Å²) in [5.74, 6) is -1.57. The molecule has 0 saturated carbocycles. The fourth-order valence-corrected chi connectivity index (χ4v) is 3.75. The van der Waals surface area contributed by atoms with Crippen molar-refractivity contribution in [3.63, 3.8) is 0 Å². The number of esters is 2. The third-order valence-electron chi connectivity index (χ3n) is 5.62. The summed E-state index contributed by atoms with van der Waals surface area (Å²) < 4.78 is 21.5. The van der Waals surface area contributed by atoms with Crippen LogP contribution in [0.1, 0.15) is 16.7 Å². The van der Waals surface area contributed by atoms with Crippen LogP contribution in [0.3, 0.4) is 0 Å². The molecular formula is C28H28O7. The van der Waals surface area contributed by atoms with Crippen LogP contribution in [0.4, 0.5) is 0 Å². The molecule has 0 aromatic heterocycles. The van der Waals surface area contributed by atoms with Crippen molar-refractivity contribution in [2.45, 2.75) is 17.8 Å². The Hall–Kier alpha value is -3.94. The topological polar surface area (TPSA) is 91.3 Å². The van der Waals surface area contributed by atoms with Crippen molar-refractivity contribution < 1.29 is 33.6 Å². The van der Waals surface area contributed by atoms with Gasteiger partial charge < -0.3 is 24.1 Å². The van der Waals surface area contributed by atoms with E-state index in [2.05, 4.69) is 0 Å². The summed E-state index contributed by atoms with van der Waals surface area (Å²) in [7, 11) is 3.78. The Labute approximate surface area is 204 Å². The first-order valence-electron chi connectivity index (χ1n) is 10.9. The van der Waals surface area contributed by atoms with Gasteiger partial charge in [0.1, 0.15) is 5.75 Å². The van der Waals surface area contributed by atoms with E-state index in [1.807, 2.05) is 24.3 Å². The van der Waals surface area contributed by atoms with Gasteiger partial charge in [-0.05, 0) is 34.9 Å². The van der Waals surface area contributed by atoms with Gasteiger partial charge in [-0.2, -0.15) is 0 Å². The highest BCUT2D eigenvalue weighted by atomic mass is 16.6. The van der Waals surface area contributed by atoms with Gasteiger partial charge in [0.15, 0.2) is 0 Å². The van der Waals surface area contributed by atoms with Crippen molar-refractivity contribution in [3.05, 3.63) is 108 Å². The number of hydrogen-bond acceptors (Lipinski definition) is 7. The molecule has 0 aliphatic rings. The minimum Gasteiger partial charge on any atom is -0.497 e. The molecule has 0 heterocycles. The fourth-order valence-electron chi connectivity index (χ4n) is 3.75. The average molecular weight is 477 g/mol. The maximum absolute atomic E-state index is 13.5. The van der Waals surface area contributed by atoms with Crippen LogP contribution in [0.25, 0.3) is 6.08 Å². The number of rotatable bonds is 10. The average Bonchev–Trinajstić information content (AvgIpc) is 2.92. The third-order valence-corrected chi connectivity index (χ3v) is 5.62. The number of carbonyl (C=O) groups is 2. The van der Waals surface area contributed by atoms with Gasteiger partial charge in [-0.15, -0.1) is 0 Å². The summed E-state index contributed by atoms with van der Waals surface area (Å²) in [4.78, 5) is 26.7. The molecule has 0 amide bonds. The minimum absolute atomic E-state index is 0.111. The first kappa shape index (κ1) is 25.7. The number of carbonyl (C=O) groups excluding carboxylic acids is 2. The molecular weight excluding hydrogens is 448 g/mol. The van der Waals surface area contributed by atoms with Crippen LogP contribution in [-0.4, -0.2) is 44.0 Å². The smallest absolute Gasteiger partial charge is 0.346 e. The standard InChI is InChI=1S/C28H28O7/c1-32-24-16-14-23(15-17-24)28(26(30)34-3,35-20-22-12-8-5-9-13-22)27(31,25(29)33-2)19-18-21-10-6-4-7-11-21/h4-19,31H,20H2,1-3H3/b19-18+/t27-,28+/m0/s1. The van der Waals surface area contributed by atoms with Gasteiger partial charge in [0.2, 0.25) is 11.2 Å². The zero-order valence-corrected chi connectivity index (χ0v) is 19.8. The van der Waals surface area contributed by atoms with E-state index in [0.717, 1.165) is 14.2 Å². The van der Waals surface area contributed by atoms with E-state index in [9.17, 15) is 14.7 Å². The first-order valence-corrected chi connectivity index (χ1v) is 10.9. The van der Waals surface area contributed by atoms with E-state index in [1.54, 1.807) is 48.5 Å². The van der Waals surface area contributed by atoms with Gasteiger partial charge in [0, 0.05) is 0 Å². The van der Waals surface area contributed by atoms with Crippen molar-refractivity contribution >= 4 is 18.0 Å². The van der Waals surface area contributed by atoms with E-state index in [0.29, 0.717) is 16.9 Å². The highest BCUT2D eigenvalue weighted by Gasteiger charge is 2.63. The van der Waals surface area contributed by atoms with Crippen LogP contribution in [0.2, 0.25) is 0 Å². The Morgan fingerprint density at radius 2 is 1.37 bits per heavy atom. The number of ether oxygens (including phenoxy) is 4. The SMILES string of the molecule is COC(=O)[C@@](O)(/C=C/c1ccccc1)[C@](OCc1ccccc1)(C(=O)OC)c1ccc(OC)cc1. The van der Waals surface area contributed by atoms with Gasteiger partial charge >= 0.3 is 11.9 Å². The zero-order valence-electron chi connectivity index (χ0n) is 19.8. The van der Waals surface area contributed by atoms with Gasteiger partial charge in [-0.1, -0.05) is 78.9 Å². The normalized spacial score (nSPS) is 14.5. The zero-order chi connectivity index (χ0) is 25.3. The van der Waals surface area contributed by atoms with Crippen LogP contribution in [0, 0.1) is 0 Å². The molecule has 7 heteroatoms. The van der Waals surface area contributed by atoms with Crippen LogP contribution in [0.15, 0.2) is 91.0 Å². The molecule has 182 valence electrons. The minimum atomic E-state index is -2.60. The van der Waals surface area contributed by atoms with E-state index < -0.39 is 23.1 Å². The molecule has 0 unspecified atom stereocenters. The molecule has 0 radical (unpaired) electrons. The molecule has 0 spiro atoms. The Balaban J connectivity index is 2.25. The number of methoxy groups -OCH3 is 3. The van der Waals surface area contributed by atoms with Crippen LogP contribution < -0.4 is 4.74 Å². The quantitative estimate of drug-likeness (QED) is 0.444. The predicted molar refractivity (Wildman–Crippen MR) is 130 cm³/mol. The number of hydrogen-bond donors (Lipinski definition) is 1. The van der Waals surface area contributed by atoms with Crippen molar-refractivity contribution in [2.75, 3.05) is 21.3 Å². The van der Waals surface area contributed by atoms with E-state index >= 15 is 0 Å². The van der Waals surface area contributed by atoms with Crippen LogP contribution in [0.5, 0.6) is 5.75 Å². The molecule has 0 aliphatic heterocycles. The molecule has 7 nitrogen and oxygen atoms in total. The molecule has 0 saturated heterocycles. The second kappa shape index (κ2) is 11.5. The Morgan fingerprint density at radius 3 is 1.91 bits per heavy atom. The highest BCUT2D eigenvalue weighted by Crippen LogP contribution is 2.42. The van der Waals surface area contributed by atoms with Crippen molar-refractivity contribution in [3.8, 4) is 5.75 Å². The summed E-state index contributed by atoms with van der Waals surface area (Å²) >= 11 is 0. The molecule has 0 bridgehead atoms. The van der Waals surface area contributed by atoms with Gasteiger partial charge in [-0.25, -0.2) is 9.59 Å². The second-order valence-electron chi connectivity index (χ2n) is 7.68. The molecule has 2 atom stereocenters. The molecule has 0 fully saturated rings. The molecule has 3 aromatic carbocycles. The second-order valence-corrected chi connectivity index (χ2v) is 7.68. The summed E-state index contributed by atoms with van der Waals surface area (Å²) in [6, 6.07) is 24.3. The molecule has 35 heavy (non-hydrogen) atoms. The van der Waals surface area contributed by atoms with Gasteiger partial charge in [-0.3, -0.25) is 0 Å². The first-order chi connectivity index (χ1) is 16.9. The number of aliphatic hydroxyl groups is 1. The summed E-state index contributed by atoms with van der Waals surface area (Å²) in [5, 5.41) is 12.0. The Morgan fingerprint density at radius 1 is 0.800 bits per heavy atom. The van der Waals surface area contributed by atoms with Crippen molar-refractivity contribution in [1.29, 1.82) is 0 Å². The maximum Gasteiger partial charge on any atom is 0.346 e. The summed E-state index contributed by atoms with van der Waals surface area (Å²) in [5.41, 5.74) is -3.34. The van der Waals surface area contributed by atoms with E-state index in [1.165, 1.54) is 31.4 Å². The molecule has 3 rings (SSSR count). The van der Waals surface area contributed by atoms with Crippen molar-refractivity contribution in [2.24, 2.45) is 0 Å². The van der Waals surface area contributed by atoms with E-state index in [4.69, 9.17) is 18.9 Å².